The molecule has 0 radical (unpaired) electrons. The monoisotopic (exact) mass is 300 g/mol. The van der Waals surface area contributed by atoms with Crippen LogP contribution in [0.1, 0.15) is 46.5 Å². The number of rotatable bonds is 9. The van der Waals surface area contributed by atoms with Crippen LogP contribution in [-0.4, -0.2) is 29.8 Å². The largest absolute Gasteiger partial charge is 0.465 e. The number of hydrogen-bond donors (Lipinski definition) is 0. The Morgan fingerprint density at radius 3 is 2.32 bits per heavy atom. The summed E-state index contributed by atoms with van der Waals surface area (Å²) in [4.78, 5) is 11.5. The molecule has 0 aliphatic carbocycles. The number of ether oxygens (including phenoxy) is 1. The fourth-order valence-electron chi connectivity index (χ4n) is 1.30. The molecule has 114 valence electrons. The lowest BCUT2D eigenvalue weighted by atomic mass is 10.2. The molecule has 0 heterocycles. The zero-order valence-electron chi connectivity index (χ0n) is 11.8. The maximum atomic E-state index is 11.9. The van der Waals surface area contributed by atoms with Crippen molar-refractivity contribution in [3.05, 3.63) is 0 Å². The minimum absolute atomic E-state index is 0.163. The molecule has 0 aromatic carbocycles. The van der Waals surface area contributed by atoms with Crippen LogP contribution in [0.25, 0.3) is 0 Å². The van der Waals surface area contributed by atoms with Gasteiger partial charge in [-0.25, -0.2) is 0 Å². The summed E-state index contributed by atoms with van der Waals surface area (Å²) in [5.74, 6) is 0.757. The van der Waals surface area contributed by atoms with Gasteiger partial charge < -0.3 is 4.74 Å². The van der Waals surface area contributed by atoms with E-state index in [-0.39, 0.29) is 17.6 Å². The quantitative estimate of drug-likeness (QED) is 0.465. The van der Waals surface area contributed by atoms with E-state index >= 15 is 0 Å². The summed E-state index contributed by atoms with van der Waals surface area (Å²) >= 11 is 1.44. The molecule has 1 atom stereocenters. The maximum absolute atomic E-state index is 11.9. The van der Waals surface area contributed by atoms with Crippen molar-refractivity contribution in [2.24, 2.45) is 5.92 Å². The number of carbonyl (C=O) groups is 1. The van der Waals surface area contributed by atoms with Gasteiger partial charge in [0.1, 0.15) is 0 Å². The zero-order valence-corrected chi connectivity index (χ0v) is 12.6. The number of unbranched alkanes of at least 4 members (excludes halogenated alkanes) is 2. The molecule has 0 saturated carbocycles. The molecule has 2 nitrogen and oxygen atoms in total. The van der Waals surface area contributed by atoms with Crippen molar-refractivity contribution in [1.29, 1.82) is 0 Å². The first-order valence-electron chi connectivity index (χ1n) is 6.57. The van der Waals surface area contributed by atoms with Crippen LogP contribution in [0, 0.1) is 5.92 Å². The van der Waals surface area contributed by atoms with Gasteiger partial charge in [0.15, 0.2) is 0 Å². The summed E-state index contributed by atoms with van der Waals surface area (Å²) in [6, 6.07) is 0. The van der Waals surface area contributed by atoms with Crippen molar-refractivity contribution in [2.45, 2.75) is 57.9 Å². The third kappa shape index (κ3) is 12.4. The lowest BCUT2D eigenvalue weighted by Crippen LogP contribution is -2.19. The van der Waals surface area contributed by atoms with Crippen LogP contribution in [0.2, 0.25) is 0 Å². The van der Waals surface area contributed by atoms with E-state index in [4.69, 9.17) is 4.74 Å². The molecule has 0 fully saturated rings. The van der Waals surface area contributed by atoms with Crippen LogP contribution < -0.4 is 0 Å². The highest BCUT2D eigenvalue weighted by Gasteiger charge is 2.25. The van der Waals surface area contributed by atoms with E-state index in [0.29, 0.717) is 31.1 Å². The lowest BCUT2D eigenvalue weighted by Gasteiger charge is -2.12. The van der Waals surface area contributed by atoms with Crippen molar-refractivity contribution in [1.82, 2.24) is 0 Å². The zero-order chi connectivity index (χ0) is 14.9. The van der Waals surface area contributed by atoms with E-state index in [2.05, 4.69) is 0 Å². The molecule has 0 N–H and O–H groups in total. The van der Waals surface area contributed by atoms with Crippen molar-refractivity contribution in [2.75, 3.05) is 12.4 Å². The van der Waals surface area contributed by atoms with Gasteiger partial charge in [0.25, 0.3) is 0 Å². The molecule has 0 aromatic heterocycles. The standard InChI is InChI=1S/C13H23F3O2S/c1-10(2)9-18-12(17)11(3)19-8-6-4-5-7-13(14,15)16/h10-11H,4-9H2,1-3H3. The second-order valence-electron chi connectivity index (χ2n) is 4.96. The molecule has 0 saturated heterocycles. The molecule has 0 spiro atoms. The first kappa shape index (κ1) is 18.6. The lowest BCUT2D eigenvalue weighted by molar-refractivity contribution is -0.143. The molecule has 0 aliphatic heterocycles. The van der Waals surface area contributed by atoms with Crippen LogP contribution in [0.5, 0.6) is 0 Å². The van der Waals surface area contributed by atoms with E-state index in [1.807, 2.05) is 13.8 Å². The molecule has 0 bridgehead atoms. The Morgan fingerprint density at radius 1 is 1.16 bits per heavy atom. The van der Waals surface area contributed by atoms with Crippen LogP contribution in [0.3, 0.4) is 0 Å². The maximum Gasteiger partial charge on any atom is 0.389 e. The van der Waals surface area contributed by atoms with Crippen molar-refractivity contribution < 1.29 is 22.7 Å². The van der Waals surface area contributed by atoms with E-state index in [0.717, 1.165) is 0 Å². The molecule has 6 heteroatoms. The Labute approximate surface area is 117 Å². The van der Waals surface area contributed by atoms with Gasteiger partial charge in [-0.1, -0.05) is 20.3 Å². The molecule has 0 rings (SSSR count). The fraction of sp³-hybridized carbons (Fsp3) is 0.923. The molecule has 0 aromatic rings. The van der Waals surface area contributed by atoms with Gasteiger partial charge in [0.05, 0.1) is 11.9 Å². The van der Waals surface area contributed by atoms with Gasteiger partial charge in [-0.3, -0.25) is 4.79 Å². The molecule has 1 unspecified atom stereocenters. The average molecular weight is 300 g/mol. The summed E-state index contributed by atoms with van der Waals surface area (Å²) in [7, 11) is 0. The number of hydrogen-bond acceptors (Lipinski definition) is 3. The Bertz CT molecular complexity index is 255. The first-order chi connectivity index (χ1) is 8.72. The van der Waals surface area contributed by atoms with Gasteiger partial charge in [0.2, 0.25) is 0 Å². The van der Waals surface area contributed by atoms with Gasteiger partial charge in [0, 0.05) is 6.42 Å². The smallest absolute Gasteiger partial charge is 0.389 e. The molecule has 0 aliphatic rings. The molecule has 19 heavy (non-hydrogen) atoms. The average Bonchev–Trinajstić information content (AvgIpc) is 2.28. The fourth-order valence-corrected chi connectivity index (χ4v) is 2.23. The van der Waals surface area contributed by atoms with Gasteiger partial charge in [-0.2, -0.15) is 13.2 Å². The SMILES string of the molecule is CC(C)COC(=O)C(C)SCCCCCC(F)(F)F. The van der Waals surface area contributed by atoms with Crippen LogP contribution in [0.15, 0.2) is 0 Å². The Kier molecular flexibility index (Phi) is 9.31. The summed E-state index contributed by atoms with van der Waals surface area (Å²) in [6.45, 7) is 6.11. The Hall–Kier alpha value is -0.390. The highest BCUT2D eigenvalue weighted by molar-refractivity contribution is 8.00. The van der Waals surface area contributed by atoms with Crippen LogP contribution in [-0.2, 0) is 9.53 Å². The number of alkyl halides is 3. The minimum atomic E-state index is -4.05. The van der Waals surface area contributed by atoms with Crippen molar-refractivity contribution >= 4 is 17.7 Å². The number of carbonyl (C=O) groups excluding carboxylic acids is 1. The third-order valence-corrected chi connectivity index (χ3v) is 3.58. The molecule has 0 amide bonds. The summed E-state index contributed by atoms with van der Waals surface area (Å²) in [5, 5.41) is -0.249. The summed E-state index contributed by atoms with van der Waals surface area (Å²) < 4.78 is 40.7. The van der Waals surface area contributed by atoms with E-state index in [1.165, 1.54) is 11.8 Å². The minimum Gasteiger partial charge on any atom is -0.465 e. The normalized spacial score (nSPS) is 13.6. The topological polar surface area (TPSA) is 26.3 Å². The van der Waals surface area contributed by atoms with Gasteiger partial charge in [-0.05, 0) is 31.4 Å². The number of thioether (sulfide) groups is 1. The van der Waals surface area contributed by atoms with E-state index in [1.54, 1.807) is 6.92 Å². The predicted molar refractivity (Wildman–Crippen MR) is 72.2 cm³/mol. The second-order valence-corrected chi connectivity index (χ2v) is 6.41. The summed E-state index contributed by atoms with van der Waals surface area (Å²) in [6.07, 6.45) is -3.37. The van der Waals surface area contributed by atoms with Crippen molar-refractivity contribution in [3.8, 4) is 0 Å². The van der Waals surface area contributed by atoms with E-state index < -0.39 is 12.6 Å². The molecular formula is C13H23F3O2S. The highest BCUT2D eigenvalue weighted by atomic mass is 32.2. The van der Waals surface area contributed by atoms with Gasteiger partial charge in [-0.15, -0.1) is 11.8 Å². The second kappa shape index (κ2) is 9.50. The Balaban J connectivity index is 3.52. The Morgan fingerprint density at radius 2 is 1.79 bits per heavy atom. The van der Waals surface area contributed by atoms with Gasteiger partial charge >= 0.3 is 12.1 Å². The van der Waals surface area contributed by atoms with Crippen LogP contribution >= 0.6 is 11.8 Å². The third-order valence-electron chi connectivity index (χ3n) is 2.36. The number of halogens is 3. The van der Waals surface area contributed by atoms with E-state index in [9.17, 15) is 18.0 Å². The predicted octanol–water partition coefficient (Wildman–Crippen LogP) is 4.43. The number of esters is 1. The van der Waals surface area contributed by atoms with Crippen molar-refractivity contribution in [3.63, 3.8) is 0 Å². The first-order valence-corrected chi connectivity index (χ1v) is 7.62. The van der Waals surface area contributed by atoms with Crippen LogP contribution in [0.4, 0.5) is 13.2 Å². The highest BCUT2D eigenvalue weighted by Crippen LogP contribution is 2.23. The molecular weight excluding hydrogens is 277 g/mol. The summed E-state index contributed by atoms with van der Waals surface area (Å²) in [5.41, 5.74) is 0.